The molecule has 2 aromatic carbocycles. The van der Waals surface area contributed by atoms with Crippen molar-refractivity contribution in [2.45, 2.75) is 0 Å². The Morgan fingerprint density at radius 1 is 1.25 bits per heavy atom. The van der Waals surface area contributed by atoms with Crippen LogP contribution in [0.15, 0.2) is 36.4 Å². The number of methoxy groups -OCH3 is 1. The number of ether oxygens (including phenoxy) is 1. The van der Waals surface area contributed by atoms with E-state index in [1.165, 1.54) is 7.11 Å². The van der Waals surface area contributed by atoms with Crippen molar-refractivity contribution < 1.29 is 14.3 Å². The second-order valence-corrected chi connectivity index (χ2v) is 3.40. The molecule has 0 aliphatic rings. The van der Waals surface area contributed by atoms with Gasteiger partial charge in [-0.25, -0.2) is 4.79 Å². The Morgan fingerprint density at radius 2 is 2.00 bits per heavy atom. The molecule has 0 fully saturated rings. The van der Waals surface area contributed by atoms with E-state index in [9.17, 15) is 9.59 Å². The molecular weight excluding hydrogens is 204 g/mol. The van der Waals surface area contributed by atoms with Crippen LogP contribution in [0.2, 0.25) is 0 Å². The number of carbonyl (C=O) groups is 2. The third-order valence-electron chi connectivity index (χ3n) is 2.44. The standard InChI is InChI=1S/C13H10O3/c1-16-13(15)10-6-9-4-2-3-5-12(9)11(7-10)8-14/h2-8H,1H3. The van der Waals surface area contributed by atoms with Crippen LogP contribution in [-0.2, 0) is 4.74 Å². The highest BCUT2D eigenvalue weighted by Crippen LogP contribution is 2.20. The molecule has 0 N–H and O–H groups in total. The van der Waals surface area contributed by atoms with Crippen molar-refractivity contribution in [2.24, 2.45) is 0 Å². The average molecular weight is 214 g/mol. The Kier molecular flexibility index (Phi) is 2.68. The van der Waals surface area contributed by atoms with Crippen molar-refractivity contribution in [3.8, 4) is 0 Å². The number of fused-ring (bicyclic) bond motifs is 1. The fourth-order valence-corrected chi connectivity index (χ4v) is 1.67. The minimum Gasteiger partial charge on any atom is -0.465 e. The molecule has 0 radical (unpaired) electrons. The maximum absolute atomic E-state index is 11.4. The summed E-state index contributed by atoms with van der Waals surface area (Å²) in [7, 11) is 1.32. The molecule has 3 heteroatoms. The Hall–Kier alpha value is -2.16. The number of hydrogen-bond acceptors (Lipinski definition) is 3. The van der Waals surface area contributed by atoms with E-state index < -0.39 is 5.97 Å². The first-order chi connectivity index (χ1) is 7.76. The normalized spacial score (nSPS) is 10.1. The predicted octanol–water partition coefficient (Wildman–Crippen LogP) is 2.44. The SMILES string of the molecule is COC(=O)c1cc(C=O)c2ccccc2c1. The molecule has 2 aromatic rings. The average Bonchev–Trinajstić information content (AvgIpc) is 2.36. The van der Waals surface area contributed by atoms with Gasteiger partial charge in [-0.2, -0.15) is 0 Å². The minimum absolute atomic E-state index is 0.392. The van der Waals surface area contributed by atoms with Gasteiger partial charge in [0.25, 0.3) is 0 Å². The van der Waals surface area contributed by atoms with Crippen LogP contribution in [0.3, 0.4) is 0 Å². The van der Waals surface area contributed by atoms with Gasteiger partial charge < -0.3 is 4.74 Å². The van der Waals surface area contributed by atoms with Gasteiger partial charge in [0, 0.05) is 5.56 Å². The minimum atomic E-state index is -0.436. The van der Waals surface area contributed by atoms with E-state index in [0.29, 0.717) is 11.1 Å². The van der Waals surface area contributed by atoms with Gasteiger partial charge in [-0.15, -0.1) is 0 Å². The van der Waals surface area contributed by atoms with Crippen molar-refractivity contribution in [1.29, 1.82) is 0 Å². The quantitative estimate of drug-likeness (QED) is 0.569. The Labute approximate surface area is 92.6 Å². The third-order valence-corrected chi connectivity index (χ3v) is 2.44. The largest absolute Gasteiger partial charge is 0.465 e. The van der Waals surface area contributed by atoms with Crippen LogP contribution in [0.25, 0.3) is 10.8 Å². The van der Waals surface area contributed by atoms with Gasteiger partial charge in [0.2, 0.25) is 0 Å². The molecule has 0 atom stereocenters. The highest BCUT2D eigenvalue weighted by molar-refractivity contribution is 6.03. The highest BCUT2D eigenvalue weighted by atomic mass is 16.5. The van der Waals surface area contributed by atoms with E-state index in [1.807, 2.05) is 24.3 Å². The van der Waals surface area contributed by atoms with Crippen LogP contribution in [0.1, 0.15) is 20.7 Å². The summed E-state index contributed by atoms with van der Waals surface area (Å²) in [4.78, 5) is 22.3. The summed E-state index contributed by atoms with van der Waals surface area (Å²) < 4.78 is 4.63. The zero-order chi connectivity index (χ0) is 11.5. The van der Waals surface area contributed by atoms with E-state index in [0.717, 1.165) is 17.1 Å². The van der Waals surface area contributed by atoms with E-state index in [1.54, 1.807) is 12.1 Å². The molecule has 0 bridgehead atoms. The first-order valence-corrected chi connectivity index (χ1v) is 4.82. The molecule has 0 heterocycles. The molecule has 16 heavy (non-hydrogen) atoms. The molecule has 0 aliphatic carbocycles. The van der Waals surface area contributed by atoms with E-state index in [-0.39, 0.29) is 0 Å². The van der Waals surface area contributed by atoms with Crippen molar-refractivity contribution in [1.82, 2.24) is 0 Å². The number of aldehydes is 1. The number of carbonyl (C=O) groups excluding carboxylic acids is 2. The fraction of sp³-hybridized carbons (Fsp3) is 0.0769. The summed E-state index contributed by atoms with van der Waals surface area (Å²) in [5.74, 6) is -0.436. The molecule has 0 spiro atoms. The summed E-state index contributed by atoms with van der Waals surface area (Å²) >= 11 is 0. The van der Waals surface area contributed by atoms with Crippen LogP contribution >= 0.6 is 0 Å². The monoisotopic (exact) mass is 214 g/mol. The highest BCUT2D eigenvalue weighted by Gasteiger charge is 2.09. The Bertz CT molecular complexity index is 558. The summed E-state index contributed by atoms with van der Waals surface area (Å²) in [6.45, 7) is 0. The number of esters is 1. The molecule has 0 unspecified atom stereocenters. The van der Waals surface area contributed by atoms with Crippen molar-refractivity contribution >= 4 is 23.0 Å². The number of benzene rings is 2. The van der Waals surface area contributed by atoms with Crippen molar-refractivity contribution in [3.63, 3.8) is 0 Å². The van der Waals surface area contributed by atoms with Crippen LogP contribution in [0, 0.1) is 0 Å². The lowest BCUT2D eigenvalue weighted by Crippen LogP contribution is -2.02. The van der Waals surface area contributed by atoms with Crippen LogP contribution in [0.4, 0.5) is 0 Å². The van der Waals surface area contributed by atoms with Crippen molar-refractivity contribution in [3.05, 3.63) is 47.5 Å². The van der Waals surface area contributed by atoms with Gasteiger partial charge in [0.05, 0.1) is 12.7 Å². The van der Waals surface area contributed by atoms with E-state index >= 15 is 0 Å². The maximum Gasteiger partial charge on any atom is 0.337 e. The molecule has 0 aromatic heterocycles. The molecule has 2 rings (SSSR count). The molecular formula is C13H10O3. The van der Waals surface area contributed by atoms with Crippen LogP contribution < -0.4 is 0 Å². The van der Waals surface area contributed by atoms with Gasteiger partial charge in [0.1, 0.15) is 0 Å². The summed E-state index contributed by atoms with van der Waals surface area (Å²) in [5, 5.41) is 1.69. The Balaban J connectivity index is 2.72. The zero-order valence-electron chi connectivity index (χ0n) is 8.77. The summed E-state index contributed by atoms with van der Waals surface area (Å²) in [6, 6.07) is 10.7. The lowest BCUT2D eigenvalue weighted by Gasteiger charge is -2.04. The van der Waals surface area contributed by atoms with E-state index in [2.05, 4.69) is 4.74 Å². The number of hydrogen-bond donors (Lipinski definition) is 0. The molecule has 80 valence electrons. The second kappa shape index (κ2) is 4.14. The second-order valence-electron chi connectivity index (χ2n) is 3.40. The summed E-state index contributed by atoms with van der Waals surface area (Å²) in [6.07, 6.45) is 0.745. The van der Waals surface area contributed by atoms with Gasteiger partial charge in [-0.1, -0.05) is 24.3 Å². The smallest absolute Gasteiger partial charge is 0.337 e. The third kappa shape index (κ3) is 1.67. The topological polar surface area (TPSA) is 43.4 Å². The first-order valence-electron chi connectivity index (χ1n) is 4.82. The molecule has 0 saturated carbocycles. The molecule has 3 nitrogen and oxygen atoms in total. The molecule has 0 amide bonds. The van der Waals surface area contributed by atoms with Crippen LogP contribution in [0.5, 0.6) is 0 Å². The van der Waals surface area contributed by atoms with Gasteiger partial charge in [0.15, 0.2) is 6.29 Å². The Morgan fingerprint density at radius 3 is 2.69 bits per heavy atom. The predicted molar refractivity (Wildman–Crippen MR) is 60.7 cm³/mol. The van der Waals surface area contributed by atoms with E-state index in [4.69, 9.17) is 0 Å². The lowest BCUT2D eigenvalue weighted by atomic mass is 10.0. The van der Waals surface area contributed by atoms with Gasteiger partial charge in [-0.3, -0.25) is 4.79 Å². The first kappa shape index (κ1) is 10.4. The fourth-order valence-electron chi connectivity index (χ4n) is 1.67. The summed E-state index contributed by atoms with van der Waals surface area (Å²) in [5.41, 5.74) is 0.891. The maximum atomic E-state index is 11.4. The molecule has 0 aliphatic heterocycles. The molecule has 0 saturated heterocycles. The van der Waals surface area contributed by atoms with Crippen molar-refractivity contribution in [2.75, 3.05) is 7.11 Å². The van der Waals surface area contributed by atoms with Gasteiger partial charge in [-0.05, 0) is 22.9 Å². The van der Waals surface area contributed by atoms with Gasteiger partial charge >= 0.3 is 5.97 Å². The number of rotatable bonds is 2. The van der Waals surface area contributed by atoms with Crippen LogP contribution in [-0.4, -0.2) is 19.4 Å². The zero-order valence-corrected chi connectivity index (χ0v) is 8.77. The lowest BCUT2D eigenvalue weighted by molar-refractivity contribution is 0.0601.